The van der Waals surface area contributed by atoms with Crippen molar-refractivity contribution in [3.63, 3.8) is 0 Å². The lowest BCUT2D eigenvalue weighted by molar-refractivity contribution is 0.282. The maximum Gasteiger partial charge on any atom is 0.283 e. The minimum absolute atomic E-state index is 0.282. The molecule has 9 heteroatoms. The molecule has 3 aromatic rings. The first-order valence-electron chi connectivity index (χ1n) is 7.33. The molecule has 128 valence electrons. The molecular weight excluding hydrogens is 388 g/mol. The maximum absolute atomic E-state index is 5.90. The lowest BCUT2D eigenvalue weighted by Gasteiger charge is -2.13. The number of hydrogen-bond donors (Lipinski definition) is 2. The van der Waals surface area contributed by atoms with Gasteiger partial charge in [0.15, 0.2) is 11.5 Å². The number of nitrogens with zero attached hydrogens (tertiary/aromatic N) is 4. The molecule has 1 heterocycles. The average molecular weight is 403 g/mol. The number of tetrazole rings is 1. The van der Waals surface area contributed by atoms with E-state index in [2.05, 4.69) is 47.1 Å². The molecule has 2 N–H and O–H groups in total. The summed E-state index contributed by atoms with van der Waals surface area (Å²) in [5.74, 6) is 1.52. The molecule has 0 aliphatic carbocycles. The minimum atomic E-state index is 0.282. The van der Waals surface area contributed by atoms with E-state index in [-0.39, 0.29) is 5.95 Å². The molecular formula is C16H15BrN6O2. The Morgan fingerprint density at radius 1 is 1.28 bits per heavy atom. The van der Waals surface area contributed by atoms with Crippen molar-refractivity contribution in [2.45, 2.75) is 6.61 Å². The van der Waals surface area contributed by atoms with Gasteiger partial charge >= 0.3 is 0 Å². The molecule has 2 aromatic carbocycles. The van der Waals surface area contributed by atoms with Crippen molar-refractivity contribution in [2.24, 2.45) is 5.10 Å². The lowest BCUT2D eigenvalue weighted by atomic mass is 10.2. The van der Waals surface area contributed by atoms with Crippen molar-refractivity contribution >= 4 is 28.1 Å². The molecule has 0 aliphatic rings. The van der Waals surface area contributed by atoms with Gasteiger partial charge in [-0.2, -0.15) is 10.3 Å². The van der Waals surface area contributed by atoms with Crippen LogP contribution in [0.5, 0.6) is 11.5 Å². The highest BCUT2D eigenvalue weighted by atomic mass is 79.9. The molecule has 25 heavy (non-hydrogen) atoms. The summed E-state index contributed by atoms with van der Waals surface area (Å²) < 4.78 is 12.1. The Morgan fingerprint density at radius 3 is 2.84 bits per heavy atom. The third-order valence-corrected chi connectivity index (χ3v) is 3.79. The summed E-state index contributed by atoms with van der Waals surface area (Å²) in [5.41, 5.74) is 4.54. The number of rotatable bonds is 7. The number of aromatic nitrogens is 4. The van der Waals surface area contributed by atoms with E-state index in [1.165, 1.54) is 0 Å². The first-order valence-corrected chi connectivity index (χ1v) is 8.12. The number of hydrogen-bond acceptors (Lipinski definition) is 7. The predicted octanol–water partition coefficient (Wildman–Crippen LogP) is 3.00. The minimum Gasteiger partial charge on any atom is -0.493 e. The van der Waals surface area contributed by atoms with E-state index in [9.17, 15) is 0 Å². The van der Waals surface area contributed by atoms with Gasteiger partial charge in [-0.15, -0.1) is 5.10 Å². The topological polar surface area (TPSA) is 97.3 Å². The van der Waals surface area contributed by atoms with Gasteiger partial charge in [-0.05, 0) is 44.4 Å². The molecule has 0 saturated heterocycles. The Labute approximate surface area is 152 Å². The van der Waals surface area contributed by atoms with Crippen molar-refractivity contribution in [2.75, 3.05) is 12.5 Å². The number of H-pyrrole nitrogens is 1. The van der Waals surface area contributed by atoms with Crippen LogP contribution in [0.2, 0.25) is 0 Å². The molecule has 0 saturated carbocycles. The lowest BCUT2D eigenvalue weighted by Crippen LogP contribution is -2.00. The molecule has 0 fully saturated rings. The fraction of sp³-hybridized carbons (Fsp3) is 0.125. The third-order valence-electron chi connectivity index (χ3n) is 3.20. The Kier molecular flexibility index (Phi) is 5.57. The average Bonchev–Trinajstić information content (AvgIpc) is 3.15. The smallest absolute Gasteiger partial charge is 0.283 e. The monoisotopic (exact) mass is 402 g/mol. The van der Waals surface area contributed by atoms with Crippen molar-refractivity contribution in [1.29, 1.82) is 0 Å². The highest BCUT2D eigenvalue weighted by Crippen LogP contribution is 2.36. The summed E-state index contributed by atoms with van der Waals surface area (Å²) in [6.07, 6.45) is 1.62. The van der Waals surface area contributed by atoms with Crippen molar-refractivity contribution < 1.29 is 9.47 Å². The maximum atomic E-state index is 5.90. The molecule has 0 amide bonds. The Balaban J connectivity index is 1.72. The largest absolute Gasteiger partial charge is 0.493 e. The van der Waals surface area contributed by atoms with Gasteiger partial charge in [0.1, 0.15) is 6.61 Å². The first-order chi connectivity index (χ1) is 12.3. The summed E-state index contributed by atoms with van der Waals surface area (Å²) >= 11 is 3.52. The van der Waals surface area contributed by atoms with Gasteiger partial charge < -0.3 is 9.47 Å². The number of halogens is 1. The van der Waals surface area contributed by atoms with E-state index in [0.717, 1.165) is 15.6 Å². The predicted molar refractivity (Wildman–Crippen MR) is 96.9 cm³/mol. The third kappa shape index (κ3) is 4.54. The van der Waals surface area contributed by atoms with Gasteiger partial charge in [0.25, 0.3) is 5.95 Å². The number of benzene rings is 2. The second kappa shape index (κ2) is 8.25. The number of methoxy groups -OCH3 is 1. The number of ether oxygens (including phenoxy) is 2. The van der Waals surface area contributed by atoms with E-state index in [1.807, 2.05) is 42.5 Å². The van der Waals surface area contributed by atoms with Crippen LogP contribution in [0.15, 0.2) is 52.0 Å². The van der Waals surface area contributed by atoms with E-state index in [0.29, 0.717) is 18.1 Å². The van der Waals surface area contributed by atoms with Crippen molar-refractivity contribution in [1.82, 2.24) is 20.6 Å². The highest BCUT2D eigenvalue weighted by molar-refractivity contribution is 9.10. The molecule has 0 radical (unpaired) electrons. The van der Waals surface area contributed by atoms with Crippen LogP contribution in [0.3, 0.4) is 0 Å². The van der Waals surface area contributed by atoms with Gasteiger partial charge in [0, 0.05) is 0 Å². The molecule has 0 unspecified atom stereocenters. The molecule has 0 spiro atoms. The summed E-state index contributed by atoms with van der Waals surface area (Å²) in [7, 11) is 1.59. The van der Waals surface area contributed by atoms with Gasteiger partial charge in [0.05, 0.1) is 17.8 Å². The molecule has 0 aliphatic heterocycles. The van der Waals surface area contributed by atoms with Crippen LogP contribution < -0.4 is 14.9 Å². The molecule has 0 atom stereocenters. The number of anilines is 1. The molecule has 1 aromatic heterocycles. The second-order valence-corrected chi connectivity index (χ2v) is 5.77. The Hall–Kier alpha value is -2.94. The van der Waals surface area contributed by atoms with E-state index >= 15 is 0 Å². The number of hydrazone groups is 1. The van der Waals surface area contributed by atoms with Gasteiger partial charge in [-0.3, -0.25) is 0 Å². The van der Waals surface area contributed by atoms with Crippen molar-refractivity contribution in [3.8, 4) is 11.5 Å². The molecule has 8 nitrogen and oxygen atoms in total. The summed E-state index contributed by atoms with van der Waals surface area (Å²) in [4.78, 5) is 0. The standard InChI is InChI=1S/C16H15BrN6O2/c1-24-14-8-12(9-18-19-16-20-22-23-21-16)7-13(17)15(14)25-10-11-5-3-2-4-6-11/h2-9H,10H2,1H3,(H2,19,20,21,22,23)/b18-9+. The van der Waals surface area contributed by atoms with Crippen LogP contribution >= 0.6 is 15.9 Å². The summed E-state index contributed by atoms with van der Waals surface area (Å²) in [6.45, 7) is 0.447. The van der Waals surface area contributed by atoms with Crippen molar-refractivity contribution in [3.05, 3.63) is 58.1 Å². The van der Waals surface area contributed by atoms with Crippen LogP contribution in [0, 0.1) is 0 Å². The zero-order valence-corrected chi connectivity index (χ0v) is 14.9. The number of nitrogens with one attached hydrogen (secondary N) is 2. The quantitative estimate of drug-likeness (QED) is 0.465. The van der Waals surface area contributed by atoms with E-state index in [1.54, 1.807) is 13.3 Å². The molecule has 0 bridgehead atoms. The normalized spacial score (nSPS) is 10.8. The van der Waals surface area contributed by atoms with Gasteiger partial charge in [0.2, 0.25) is 0 Å². The van der Waals surface area contributed by atoms with Gasteiger partial charge in [-0.1, -0.05) is 35.4 Å². The van der Waals surface area contributed by atoms with Crippen LogP contribution in [0.4, 0.5) is 5.95 Å². The highest BCUT2D eigenvalue weighted by Gasteiger charge is 2.11. The Morgan fingerprint density at radius 2 is 2.12 bits per heavy atom. The van der Waals surface area contributed by atoms with Crippen LogP contribution in [-0.2, 0) is 6.61 Å². The SMILES string of the molecule is COc1cc(/C=N/Nc2nn[nH]n2)cc(Br)c1OCc1ccccc1. The van der Waals surface area contributed by atoms with Gasteiger partial charge in [-0.25, -0.2) is 5.43 Å². The fourth-order valence-electron chi connectivity index (χ4n) is 2.06. The van der Waals surface area contributed by atoms with E-state index < -0.39 is 0 Å². The zero-order valence-electron chi connectivity index (χ0n) is 13.3. The van der Waals surface area contributed by atoms with Crippen LogP contribution in [0.25, 0.3) is 0 Å². The second-order valence-electron chi connectivity index (χ2n) is 4.91. The molecule has 3 rings (SSSR count). The van der Waals surface area contributed by atoms with Crippen LogP contribution in [-0.4, -0.2) is 33.9 Å². The van der Waals surface area contributed by atoms with Crippen LogP contribution in [0.1, 0.15) is 11.1 Å². The number of aromatic amines is 1. The first kappa shape index (κ1) is 16.9. The Bertz CT molecular complexity index is 839. The fourth-order valence-corrected chi connectivity index (χ4v) is 2.63. The zero-order chi connectivity index (χ0) is 17.5. The van der Waals surface area contributed by atoms with E-state index in [4.69, 9.17) is 9.47 Å². The summed E-state index contributed by atoms with van der Waals surface area (Å²) in [5, 5.41) is 17.3. The summed E-state index contributed by atoms with van der Waals surface area (Å²) in [6, 6.07) is 13.6.